The van der Waals surface area contributed by atoms with E-state index in [4.69, 9.17) is 0 Å². The number of nitrogens with zero attached hydrogens (tertiary/aromatic N) is 1. The zero-order valence-corrected chi connectivity index (χ0v) is 28.3. The summed E-state index contributed by atoms with van der Waals surface area (Å²) < 4.78 is 0. The molecule has 1 heteroatoms. The second kappa shape index (κ2) is 12.1. The molecule has 1 aliphatic rings. The van der Waals surface area contributed by atoms with Crippen LogP contribution in [0.1, 0.15) is 25.0 Å². The van der Waals surface area contributed by atoms with Crippen molar-refractivity contribution in [1.29, 1.82) is 0 Å². The first-order valence-electron chi connectivity index (χ1n) is 17.4. The SMILES string of the molecule is CC1(C)c2cc(N(c3ccc(-c4ccccc4-c4ccccc4)cc3)c3ccccc3-c3ccccc3)ccc2-c2cc3ccccc3cc21. The number of hydrogen-bond donors (Lipinski definition) is 0. The molecule has 238 valence electrons. The third-order valence-electron chi connectivity index (χ3n) is 10.5. The van der Waals surface area contributed by atoms with Gasteiger partial charge in [-0.25, -0.2) is 0 Å². The van der Waals surface area contributed by atoms with Gasteiger partial charge < -0.3 is 4.90 Å². The molecule has 50 heavy (non-hydrogen) atoms. The van der Waals surface area contributed by atoms with Crippen molar-refractivity contribution >= 4 is 27.8 Å². The van der Waals surface area contributed by atoms with Crippen molar-refractivity contribution in [3.05, 3.63) is 199 Å². The van der Waals surface area contributed by atoms with Gasteiger partial charge in [0.25, 0.3) is 0 Å². The maximum atomic E-state index is 2.44. The van der Waals surface area contributed by atoms with Crippen molar-refractivity contribution in [3.8, 4) is 44.5 Å². The molecule has 0 radical (unpaired) electrons. The molecule has 0 fully saturated rings. The van der Waals surface area contributed by atoms with E-state index in [9.17, 15) is 0 Å². The molecule has 1 nitrogen and oxygen atoms in total. The molecule has 0 spiro atoms. The van der Waals surface area contributed by atoms with Gasteiger partial charge in [0.05, 0.1) is 5.69 Å². The molecule has 1 aliphatic carbocycles. The standard InChI is InChI=1S/C49H37N/c1-49(2)46-32-38-20-10-9-19-37(38)31-45(46)44-30-29-40(33-47(44)49)50(48-24-14-13-23-43(48)35-17-7-4-8-18-35)39-27-25-36(26-28-39)42-22-12-11-21-41(42)34-15-5-3-6-16-34/h3-33H,1-2H3. The molecular weight excluding hydrogens is 603 g/mol. The summed E-state index contributed by atoms with van der Waals surface area (Å²) in [5, 5.41) is 2.58. The van der Waals surface area contributed by atoms with E-state index in [-0.39, 0.29) is 5.41 Å². The topological polar surface area (TPSA) is 3.24 Å². The summed E-state index contributed by atoms with van der Waals surface area (Å²) in [6, 6.07) is 68.5. The van der Waals surface area contributed by atoms with Gasteiger partial charge in [0, 0.05) is 22.4 Å². The van der Waals surface area contributed by atoms with Crippen LogP contribution in [-0.4, -0.2) is 0 Å². The summed E-state index contributed by atoms with van der Waals surface area (Å²) in [6.45, 7) is 4.74. The van der Waals surface area contributed by atoms with Gasteiger partial charge in [-0.15, -0.1) is 0 Å². The van der Waals surface area contributed by atoms with E-state index in [0.717, 1.165) is 17.1 Å². The lowest BCUT2D eigenvalue weighted by Gasteiger charge is -2.30. The third kappa shape index (κ3) is 5.02. The van der Waals surface area contributed by atoms with Gasteiger partial charge in [-0.3, -0.25) is 0 Å². The Morgan fingerprint density at radius 1 is 0.340 bits per heavy atom. The molecule has 0 unspecified atom stereocenters. The minimum Gasteiger partial charge on any atom is -0.310 e. The molecule has 0 saturated carbocycles. The van der Waals surface area contributed by atoms with Gasteiger partial charge >= 0.3 is 0 Å². The summed E-state index contributed by atoms with van der Waals surface area (Å²) in [4.78, 5) is 2.44. The first-order chi connectivity index (χ1) is 24.6. The first kappa shape index (κ1) is 29.9. The minimum atomic E-state index is -0.139. The summed E-state index contributed by atoms with van der Waals surface area (Å²) in [5.41, 5.74) is 16.0. The van der Waals surface area contributed by atoms with Gasteiger partial charge in [0.2, 0.25) is 0 Å². The van der Waals surface area contributed by atoms with Crippen molar-refractivity contribution in [3.63, 3.8) is 0 Å². The van der Waals surface area contributed by atoms with Crippen molar-refractivity contribution < 1.29 is 0 Å². The largest absolute Gasteiger partial charge is 0.310 e. The molecule has 0 amide bonds. The normalized spacial score (nSPS) is 12.8. The van der Waals surface area contributed by atoms with Crippen LogP contribution < -0.4 is 4.90 Å². The Bertz CT molecular complexity index is 2490. The third-order valence-corrected chi connectivity index (χ3v) is 10.5. The van der Waals surface area contributed by atoms with Crippen LogP contribution in [0.2, 0.25) is 0 Å². The molecule has 0 atom stereocenters. The van der Waals surface area contributed by atoms with Gasteiger partial charge in [-0.2, -0.15) is 0 Å². The molecule has 0 saturated heterocycles. The van der Waals surface area contributed by atoms with Crippen LogP contribution in [0.3, 0.4) is 0 Å². The number of anilines is 3. The molecule has 0 heterocycles. The van der Waals surface area contributed by atoms with E-state index in [2.05, 4.69) is 207 Å². The van der Waals surface area contributed by atoms with E-state index in [1.807, 2.05) is 0 Å². The molecule has 0 bridgehead atoms. The summed E-state index contributed by atoms with van der Waals surface area (Å²) in [6.07, 6.45) is 0. The number of rotatable bonds is 6. The zero-order chi connectivity index (χ0) is 33.7. The Morgan fingerprint density at radius 2 is 0.820 bits per heavy atom. The highest BCUT2D eigenvalue weighted by atomic mass is 15.1. The van der Waals surface area contributed by atoms with Crippen molar-refractivity contribution in [1.82, 2.24) is 0 Å². The Labute approximate surface area is 294 Å². The predicted molar refractivity (Wildman–Crippen MR) is 213 cm³/mol. The van der Waals surface area contributed by atoms with Crippen molar-refractivity contribution in [2.24, 2.45) is 0 Å². The minimum absolute atomic E-state index is 0.139. The van der Waals surface area contributed by atoms with Crippen LogP contribution in [0.4, 0.5) is 17.1 Å². The summed E-state index contributed by atoms with van der Waals surface area (Å²) >= 11 is 0. The van der Waals surface area contributed by atoms with Crippen LogP contribution >= 0.6 is 0 Å². The molecule has 8 aromatic carbocycles. The Morgan fingerprint density at radius 3 is 1.48 bits per heavy atom. The van der Waals surface area contributed by atoms with E-state index in [1.165, 1.54) is 66.4 Å². The average Bonchev–Trinajstić information content (AvgIpc) is 3.40. The quantitative estimate of drug-likeness (QED) is 0.175. The molecule has 0 aromatic heterocycles. The smallest absolute Gasteiger partial charge is 0.0540 e. The lowest BCUT2D eigenvalue weighted by molar-refractivity contribution is 0.661. The predicted octanol–water partition coefficient (Wildman–Crippen LogP) is 13.6. The second-order valence-electron chi connectivity index (χ2n) is 13.8. The van der Waals surface area contributed by atoms with Crippen molar-refractivity contribution in [2.75, 3.05) is 4.90 Å². The van der Waals surface area contributed by atoms with Gasteiger partial charge in [0.15, 0.2) is 0 Å². The molecule has 8 aromatic rings. The van der Waals surface area contributed by atoms with E-state index in [1.54, 1.807) is 0 Å². The van der Waals surface area contributed by atoms with Gasteiger partial charge in [-0.05, 0) is 103 Å². The number of hydrogen-bond acceptors (Lipinski definition) is 1. The average molecular weight is 640 g/mol. The fraction of sp³-hybridized carbons (Fsp3) is 0.0612. The lowest BCUT2D eigenvalue weighted by atomic mass is 9.81. The van der Waals surface area contributed by atoms with Crippen molar-refractivity contribution in [2.45, 2.75) is 19.3 Å². The van der Waals surface area contributed by atoms with E-state index >= 15 is 0 Å². The monoisotopic (exact) mass is 639 g/mol. The highest BCUT2D eigenvalue weighted by molar-refractivity contribution is 5.95. The summed E-state index contributed by atoms with van der Waals surface area (Å²) in [7, 11) is 0. The van der Waals surface area contributed by atoms with Gasteiger partial charge in [0.1, 0.15) is 0 Å². The zero-order valence-electron chi connectivity index (χ0n) is 28.3. The Kier molecular flexibility index (Phi) is 7.21. The summed E-state index contributed by atoms with van der Waals surface area (Å²) in [5.74, 6) is 0. The van der Waals surface area contributed by atoms with Gasteiger partial charge in [-0.1, -0.05) is 159 Å². The maximum absolute atomic E-state index is 2.44. The second-order valence-corrected chi connectivity index (χ2v) is 13.8. The Hall–Kier alpha value is -6.18. The van der Waals surface area contributed by atoms with E-state index < -0.39 is 0 Å². The molecular formula is C49H37N. The fourth-order valence-electron chi connectivity index (χ4n) is 7.90. The van der Waals surface area contributed by atoms with E-state index in [0.29, 0.717) is 0 Å². The lowest BCUT2D eigenvalue weighted by Crippen LogP contribution is -2.17. The molecule has 9 rings (SSSR count). The maximum Gasteiger partial charge on any atom is 0.0540 e. The van der Waals surface area contributed by atoms with Crippen LogP contribution in [-0.2, 0) is 5.41 Å². The fourth-order valence-corrected chi connectivity index (χ4v) is 7.90. The van der Waals surface area contributed by atoms with Crippen LogP contribution in [0.25, 0.3) is 55.3 Å². The van der Waals surface area contributed by atoms with Crippen LogP contribution in [0, 0.1) is 0 Å². The highest BCUT2D eigenvalue weighted by Crippen LogP contribution is 2.52. The highest BCUT2D eigenvalue weighted by Gasteiger charge is 2.36. The molecule has 0 aliphatic heterocycles. The number of para-hydroxylation sites is 1. The van der Waals surface area contributed by atoms with Crippen LogP contribution in [0.5, 0.6) is 0 Å². The number of benzene rings is 8. The molecule has 0 N–H and O–H groups in total. The van der Waals surface area contributed by atoms with Crippen LogP contribution in [0.15, 0.2) is 188 Å². The first-order valence-corrected chi connectivity index (χ1v) is 17.4. The number of fused-ring (bicyclic) bond motifs is 4. The Balaban J connectivity index is 1.20.